The van der Waals surface area contributed by atoms with Crippen LogP contribution in [-0.2, 0) is 4.74 Å². The molecule has 0 saturated carbocycles. The van der Waals surface area contributed by atoms with Gasteiger partial charge >= 0.3 is 0 Å². The van der Waals surface area contributed by atoms with E-state index in [1.54, 1.807) is 18.2 Å². The Morgan fingerprint density at radius 3 is 2.86 bits per heavy atom. The van der Waals surface area contributed by atoms with Crippen LogP contribution in [-0.4, -0.2) is 45.4 Å². The molecule has 7 heteroatoms. The molecule has 3 heterocycles. The number of rotatable bonds is 4. The molecular formula is C22H20ClN3O3. The fourth-order valence-corrected chi connectivity index (χ4v) is 4.49. The van der Waals surface area contributed by atoms with Gasteiger partial charge in [-0.2, -0.15) is 5.10 Å². The number of amides is 1. The lowest BCUT2D eigenvalue weighted by Gasteiger charge is -2.28. The molecule has 1 saturated heterocycles. The summed E-state index contributed by atoms with van der Waals surface area (Å²) in [5.74, 6) is 0.00585. The van der Waals surface area contributed by atoms with Crippen molar-refractivity contribution in [1.29, 1.82) is 0 Å². The molecule has 2 aliphatic heterocycles. The van der Waals surface area contributed by atoms with Crippen LogP contribution in [0.4, 0.5) is 0 Å². The van der Waals surface area contributed by atoms with E-state index in [2.05, 4.69) is 10.2 Å². The maximum absolute atomic E-state index is 13.3. The highest BCUT2D eigenvalue weighted by molar-refractivity contribution is 6.30. The molecule has 1 aromatic heterocycles. The Bertz CT molecular complexity index is 1070. The normalized spacial score (nSPS) is 21.0. The Kier molecular flexibility index (Phi) is 4.53. The third-order valence-corrected chi connectivity index (χ3v) is 5.85. The number of hydrogen-bond donors (Lipinski definition) is 2. The van der Waals surface area contributed by atoms with Gasteiger partial charge in [0.05, 0.1) is 12.1 Å². The van der Waals surface area contributed by atoms with Gasteiger partial charge in [0.2, 0.25) is 0 Å². The van der Waals surface area contributed by atoms with Crippen molar-refractivity contribution in [2.24, 2.45) is 0 Å². The standard InChI is InChI=1S/C22H20ClN3O3/c23-14-6-3-5-13(11-14)21-18-19(16-8-1-2-9-17(16)27)24-25-20(18)22(28)26(21)12-15-7-4-10-29-15/h1-3,5-6,8-9,11,15,21,27H,4,7,10,12H2,(H,24,25)/t15-,21+/m0/s1. The molecule has 0 unspecified atom stereocenters. The lowest BCUT2D eigenvalue weighted by Crippen LogP contribution is -2.36. The number of aromatic amines is 1. The number of H-pyrrole nitrogens is 1. The molecule has 0 radical (unpaired) electrons. The van der Waals surface area contributed by atoms with E-state index in [-0.39, 0.29) is 23.8 Å². The van der Waals surface area contributed by atoms with E-state index in [0.717, 1.165) is 30.6 Å². The highest BCUT2D eigenvalue weighted by Crippen LogP contribution is 2.45. The number of carbonyl (C=O) groups is 1. The second-order valence-electron chi connectivity index (χ2n) is 7.43. The summed E-state index contributed by atoms with van der Waals surface area (Å²) in [6, 6.07) is 14.2. The highest BCUT2D eigenvalue weighted by Gasteiger charge is 2.43. The van der Waals surface area contributed by atoms with E-state index in [1.807, 2.05) is 35.2 Å². The summed E-state index contributed by atoms with van der Waals surface area (Å²) in [6.45, 7) is 1.23. The van der Waals surface area contributed by atoms with Crippen LogP contribution < -0.4 is 0 Å². The van der Waals surface area contributed by atoms with Gasteiger partial charge in [0.15, 0.2) is 0 Å². The molecule has 0 bridgehead atoms. The predicted octanol–water partition coefficient (Wildman–Crippen LogP) is 4.16. The number of hydrogen-bond acceptors (Lipinski definition) is 4. The molecule has 5 rings (SSSR count). The molecule has 0 aliphatic carbocycles. The third kappa shape index (κ3) is 3.09. The molecule has 2 aliphatic rings. The molecule has 3 aromatic rings. The second-order valence-corrected chi connectivity index (χ2v) is 7.86. The topological polar surface area (TPSA) is 78.5 Å². The smallest absolute Gasteiger partial charge is 0.273 e. The molecule has 6 nitrogen and oxygen atoms in total. The summed E-state index contributed by atoms with van der Waals surface area (Å²) in [4.78, 5) is 15.1. The number of nitrogens with zero attached hydrogens (tertiary/aromatic N) is 2. The van der Waals surface area contributed by atoms with Crippen LogP contribution in [0.5, 0.6) is 5.75 Å². The van der Waals surface area contributed by atoms with Crippen molar-refractivity contribution >= 4 is 17.5 Å². The first-order chi connectivity index (χ1) is 14.1. The molecule has 1 fully saturated rings. The van der Waals surface area contributed by atoms with Crippen molar-refractivity contribution in [3.05, 3.63) is 70.4 Å². The zero-order chi connectivity index (χ0) is 20.0. The zero-order valence-corrected chi connectivity index (χ0v) is 16.4. The minimum atomic E-state index is -0.353. The minimum absolute atomic E-state index is 0.0196. The first-order valence-electron chi connectivity index (χ1n) is 9.68. The maximum Gasteiger partial charge on any atom is 0.273 e. The summed E-state index contributed by atoms with van der Waals surface area (Å²) in [6.07, 6.45) is 1.96. The Morgan fingerprint density at radius 1 is 1.24 bits per heavy atom. The van der Waals surface area contributed by atoms with Crippen molar-refractivity contribution in [3.63, 3.8) is 0 Å². The van der Waals surface area contributed by atoms with Crippen LogP contribution in [0.2, 0.25) is 5.02 Å². The van der Waals surface area contributed by atoms with Crippen molar-refractivity contribution in [2.75, 3.05) is 13.2 Å². The van der Waals surface area contributed by atoms with Crippen LogP contribution >= 0.6 is 11.6 Å². The largest absolute Gasteiger partial charge is 0.507 e. The van der Waals surface area contributed by atoms with Crippen LogP contribution in [0.25, 0.3) is 11.3 Å². The molecule has 0 spiro atoms. The van der Waals surface area contributed by atoms with Crippen molar-refractivity contribution < 1.29 is 14.6 Å². The summed E-state index contributed by atoms with van der Waals surface area (Å²) in [7, 11) is 0. The Labute approximate surface area is 173 Å². The molecule has 148 valence electrons. The lowest BCUT2D eigenvalue weighted by molar-refractivity contribution is 0.0495. The number of nitrogens with one attached hydrogen (secondary N) is 1. The fraction of sp³-hybridized carbons (Fsp3) is 0.273. The van der Waals surface area contributed by atoms with E-state index in [1.165, 1.54) is 0 Å². The van der Waals surface area contributed by atoms with Crippen molar-refractivity contribution in [2.45, 2.75) is 25.0 Å². The van der Waals surface area contributed by atoms with E-state index in [4.69, 9.17) is 16.3 Å². The Hall–Kier alpha value is -2.83. The van der Waals surface area contributed by atoms with Crippen LogP contribution in [0, 0.1) is 0 Å². The van der Waals surface area contributed by atoms with Crippen LogP contribution in [0.1, 0.15) is 40.5 Å². The van der Waals surface area contributed by atoms with E-state index in [9.17, 15) is 9.90 Å². The Morgan fingerprint density at radius 2 is 2.10 bits per heavy atom. The van der Waals surface area contributed by atoms with Crippen molar-refractivity contribution in [1.82, 2.24) is 15.1 Å². The van der Waals surface area contributed by atoms with Gasteiger partial charge in [0.25, 0.3) is 5.91 Å². The molecule has 2 aromatic carbocycles. The predicted molar refractivity (Wildman–Crippen MR) is 109 cm³/mol. The average molecular weight is 410 g/mol. The number of phenols is 1. The summed E-state index contributed by atoms with van der Waals surface area (Å²) in [5, 5.41) is 18.3. The van der Waals surface area contributed by atoms with E-state index >= 15 is 0 Å². The van der Waals surface area contributed by atoms with Crippen LogP contribution in [0.15, 0.2) is 48.5 Å². The average Bonchev–Trinajstić information content (AvgIpc) is 3.42. The number of carbonyl (C=O) groups excluding carboxylic acids is 1. The summed E-state index contributed by atoms with van der Waals surface area (Å²) >= 11 is 6.27. The fourth-order valence-electron chi connectivity index (χ4n) is 4.30. The Balaban J connectivity index is 1.65. The van der Waals surface area contributed by atoms with Gasteiger partial charge in [-0.1, -0.05) is 35.9 Å². The van der Waals surface area contributed by atoms with Gasteiger partial charge < -0.3 is 14.7 Å². The number of fused-ring (bicyclic) bond motifs is 1. The van der Waals surface area contributed by atoms with E-state index in [0.29, 0.717) is 28.5 Å². The van der Waals surface area contributed by atoms with Gasteiger partial charge in [0.1, 0.15) is 17.1 Å². The molecule has 2 N–H and O–H groups in total. The van der Waals surface area contributed by atoms with Crippen LogP contribution in [0.3, 0.4) is 0 Å². The zero-order valence-electron chi connectivity index (χ0n) is 15.6. The monoisotopic (exact) mass is 409 g/mol. The number of ether oxygens (including phenoxy) is 1. The number of phenolic OH excluding ortho intramolecular Hbond substituents is 1. The molecule has 1 amide bonds. The van der Waals surface area contributed by atoms with Gasteiger partial charge in [-0.25, -0.2) is 0 Å². The number of para-hydroxylation sites is 1. The van der Waals surface area contributed by atoms with Gasteiger partial charge in [-0.3, -0.25) is 9.89 Å². The van der Waals surface area contributed by atoms with Gasteiger partial charge in [-0.15, -0.1) is 0 Å². The highest BCUT2D eigenvalue weighted by atomic mass is 35.5. The molecular weight excluding hydrogens is 390 g/mol. The quantitative estimate of drug-likeness (QED) is 0.678. The number of halogens is 1. The second kappa shape index (κ2) is 7.21. The van der Waals surface area contributed by atoms with Gasteiger partial charge in [0, 0.05) is 29.3 Å². The summed E-state index contributed by atoms with van der Waals surface area (Å²) in [5.41, 5.74) is 3.28. The first-order valence-corrected chi connectivity index (χ1v) is 10.1. The molecule has 29 heavy (non-hydrogen) atoms. The third-order valence-electron chi connectivity index (χ3n) is 5.61. The SMILES string of the molecule is O=C1c2[nH]nc(-c3ccccc3O)c2[C@@H](c2cccc(Cl)c2)N1C[C@@H]1CCCO1. The van der Waals surface area contributed by atoms with Crippen molar-refractivity contribution in [3.8, 4) is 17.0 Å². The number of aromatic hydroxyl groups is 1. The summed E-state index contributed by atoms with van der Waals surface area (Å²) < 4.78 is 5.79. The minimum Gasteiger partial charge on any atom is -0.507 e. The first kappa shape index (κ1) is 18.2. The lowest BCUT2D eigenvalue weighted by atomic mass is 9.95. The molecule has 2 atom stereocenters. The van der Waals surface area contributed by atoms with Gasteiger partial charge in [-0.05, 0) is 42.7 Å². The maximum atomic E-state index is 13.3. The number of benzene rings is 2. The van der Waals surface area contributed by atoms with E-state index < -0.39 is 0 Å². The number of aromatic nitrogens is 2.